The molecule has 0 aliphatic carbocycles. The van der Waals surface area contributed by atoms with Crippen LogP contribution < -0.4 is 9.64 Å². The Morgan fingerprint density at radius 1 is 1.00 bits per heavy atom. The number of carbonyl (C=O) groups is 2. The van der Waals surface area contributed by atoms with Crippen molar-refractivity contribution in [2.24, 2.45) is 0 Å². The second kappa shape index (κ2) is 8.62. The zero-order valence-corrected chi connectivity index (χ0v) is 19.4. The fraction of sp³-hybridized carbons (Fsp3) is 0.259. The quantitative estimate of drug-likeness (QED) is 0.313. The molecule has 1 aliphatic rings. The van der Waals surface area contributed by atoms with Crippen molar-refractivity contribution in [3.63, 3.8) is 0 Å². The number of benzene rings is 2. The van der Waals surface area contributed by atoms with Crippen LogP contribution in [-0.4, -0.2) is 22.9 Å². The minimum Gasteiger partial charge on any atom is -0.507 e. The van der Waals surface area contributed by atoms with Gasteiger partial charge in [0.15, 0.2) is 0 Å². The maximum atomic E-state index is 13.2. The van der Waals surface area contributed by atoms with Gasteiger partial charge in [-0.25, -0.2) is 0 Å². The first-order valence-corrected chi connectivity index (χ1v) is 10.9. The molecule has 4 rings (SSSR count). The summed E-state index contributed by atoms with van der Waals surface area (Å²) in [6.45, 7) is 9.66. The molecule has 6 nitrogen and oxygen atoms in total. The molecule has 1 fully saturated rings. The summed E-state index contributed by atoms with van der Waals surface area (Å²) in [7, 11) is 0. The van der Waals surface area contributed by atoms with Gasteiger partial charge >= 0.3 is 0 Å². The third kappa shape index (κ3) is 4.04. The molecule has 1 atom stereocenters. The number of rotatable bonds is 5. The first kappa shape index (κ1) is 22.4. The van der Waals surface area contributed by atoms with Crippen LogP contribution in [0.4, 0.5) is 5.69 Å². The van der Waals surface area contributed by atoms with Crippen molar-refractivity contribution >= 4 is 23.1 Å². The molecule has 3 aromatic rings. The highest BCUT2D eigenvalue weighted by atomic mass is 16.5. The maximum Gasteiger partial charge on any atom is 0.300 e. The van der Waals surface area contributed by atoms with Gasteiger partial charge in [0.2, 0.25) is 0 Å². The highest BCUT2D eigenvalue weighted by Gasteiger charge is 2.48. The highest BCUT2D eigenvalue weighted by molar-refractivity contribution is 6.51. The number of ether oxygens (including phenoxy) is 1. The largest absolute Gasteiger partial charge is 0.507 e. The lowest BCUT2D eigenvalue weighted by atomic mass is 9.98. The Balaban J connectivity index is 1.86. The van der Waals surface area contributed by atoms with E-state index < -0.39 is 17.7 Å². The summed E-state index contributed by atoms with van der Waals surface area (Å²) in [6.07, 6.45) is 1.49. The number of carbonyl (C=O) groups excluding carboxylic acids is 2. The molecule has 2 heterocycles. The number of aryl methyl sites for hydroxylation is 3. The lowest BCUT2D eigenvalue weighted by Crippen LogP contribution is -2.29. The van der Waals surface area contributed by atoms with E-state index in [4.69, 9.17) is 9.15 Å². The maximum absolute atomic E-state index is 13.2. The van der Waals surface area contributed by atoms with Crippen molar-refractivity contribution in [2.75, 3.05) is 4.90 Å². The fourth-order valence-corrected chi connectivity index (χ4v) is 4.03. The van der Waals surface area contributed by atoms with E-state index in [0.29, 0.717) is 22.8 Å². The molecule has 1 aromatic heterocycles. The Hall–Kier alpha value is -3.80. The van der Waals surface area contributed by atoms with E-state index in [2.05, 4.69) is 0 Å². The summed E-state index contributed by atoms with van der Waals surface area (Å²) in [6, 6.07) is 13.3. The number of anilines is 1. The molecule has 0 spiro atoms. The number of hydrogen-bond acceptors (Lipinski definition) is 5. The van der Waals surface area contributed by atoms with Crippen LogP contribution in [-0.2, 0) is 9.59 Å². The molecule has 6 heteroatoms. The van der Waals surface area contributed by atoms with E-state index in [1.165, 1.54) is 11.2 Å². The monoisotopic (exact) mass is 445 g/mol. The first-order chi connectivity index (χ1) is 15.7. The number of ketones is 1. The molecule has 1 amide bonds. The molecular formula is C27H27NO5. The zero-order valence-electron chi connectivity index (χ0n) is 19.4. The summed E-state index contributed by atoms with van der Waals surface area (Å²) >= 11 is 0. The van der Waals surface area contributed by atoms with Crippen molar-refractivity contribution in [3.05, 3.63) is 88.4 Å². The minimum atomic E-state index is -0.881. The van der Waals surface area contributed by atoms with Gasteiger partial charge in [0, 0.05) is 11.3 Å². The fourth-order valence-electron chi connectivity index (χ4n) is 4.03. The first-order valence-electron chi connectivity index (χ1n) is 10.9. The predicted molar refractivity (Wildman–Crippen MR) is 126 cm³/mol. The molecule has 1 N–H and O–H groups in total. The van der Waals surface area contributed by atoms with Crippen LogP contribution in [0.5, 0.6) is 5.75 Å². The van der Waals surface area contributed by atoms with E-state index in [1.54, 1.807) is 36.4 Å². The molecule has 0 saturated carbocycles. The van der Waals surface area contributed by atoms with E-state index in [-0.39, 0.29) is 17.4 Å². The van der Waals surface area contributed by atoms with Crippen LogP contribution in [0, 0.1) is 20.8 Å². The average molecular weight is 446 g/mol. The third-order valence-corrected chi connectivity index (χ3v) is 5.84. The molecule has 2 aromatic carbocycles. The van der Waals surface area contributed by atoms with Crippen molar-refractivity contribution in [2.45, 2.75) is 46.8 Å². The second-order valence-corrected chi connectivity index (χ2v) is 8.60. The number of nitrogens with zero attached hydrogens (tertiary/aromatic N) is 1. The molecule has 170 valence electrons. The van der Waals surface area contributed by atoms with Crippen LogP contribution in [0.1, 0.15) is 47.9 Å². The van der Waals surface area contributed by atoms with Crippen LogP contribution in [0.2, 0.25) is 0 Å². The second-order valence-electron chi connectivity index (χ2n) is 8.60. The van der Waals surface area contributed by atoms with Gasteiger partial charge in [-0.15, -0.1) is 0 Å². The number of hydrogen-bond donors (Lipinski definition) is 1. The number of amides is 1. The smallest absolute Gasteiger partial charge is 0.300 e. The van der Waals surface area contributed by atoms with E-state index >= 15 is 0 Å². The van der Waals surface area contributed by atoms with Gasteiger partial charge in [0.1, 0.15) is 23.3 Å². The van der Waals surface area contributed by atoms with Gasteiger partial charge in [-0.1, -0.05) is 6.07 Å². The van der Waals surface area contributed by atoms with E-state index in [1.807, 2.05) is 46.8 Å². The molecule has 1 unspecified atom stereocenters. The third-order valence-electron chi connectivity index (χ3n) is 5.84. The minimum absolute atomic E-state index is 0.00499. The van der Waals surface area contributed by atoms with Crippen LogP contribution in [0.25, 0.3) is 5.76 Å². The van der Waals surface area contributed by atoms with Crippen LogP contribution >= 0.6 is 0 Å². The van der Waals surface area contributed by atoms with E-state index in [0.717, 1.165) is 16.7 Å². The number of furan rings is 1. The van der Waals surface area contributed by atoms with Crippen molar-refractivity contribution in [1.82, 2.24) is 0 Å². The van der Waals surface area contributed by atoms with E-state index in [9.17, 15) is 14.7 Å². The van der Waals surface area contributed by atoms with Crippen molar-refractivity contribution in [1.29, 1.82) is 0 Å². The summed E-state index contributed by atoms with van der Waals surface area (Å²) < 4.78 is 11.4. The predicted octanol–water partition coefficient (Wildman–Crippen LogP) is 5.62. The van der Waals surface area contributed by atoms with Crippen LogP contribution in [0.3, 0.4) is 0 Å². The average Bonchev–Trinajstić information content (AvgIpc) is 3.38. The standard InChI is InChI=1S/C27H27NO5/c1-15(2)33-21-11-9-19(13-18(21)5)25(29)23-24(22-7-6-12-32-22)28(27(31)26(23)30)20-10-8-16(3)17(4)14-20/h6-15,24,29H,1-5H3/b25-23-. The summed E-state index contributed by atoms with van der Waals surface area (Å²) in [5, 5.41) is 11.2. The highest BCUT2D eigenvalue weighted by Crippen LogP contribution is 2.43. The zero-order chi connectivity index (χ0) is 23.9. The Labute approximate surface area is 193 Å². The number of Topliss-reactive ketones (excluding diaryl/α,β-unsaturated/α-hetero) is 1. The van der Waals surface area contributed by atoms with Gasteiger partial charge in [-0.2, -0.15) is 0 Å². The van der Waals surface area contributed by atoms with Gasteiger partial charge in [0.25, 0.3) is 11.7 Å². The number of aliphatic hydroxyl groups excluding tert-OH is 1. The summed E-state index contributed by atoms with van der Waals surface area (Å²) in [5.74, 6) is -0.629. The normalized spacial score (nSPS) is 17.8. The molecule has 33 heavy (non-hydrogen) atoms. The SMILES string of the molecule is Cc1ccc(N2C(=O)C(=O)/C(=C(\O)c3ccc(OC(C)C)c(C)c3)C2c2ccco2)cc1C. The molecular weight excluding hydrogens is 418 g/mol. The molecule has 1 saturated heterocycles. The van der Waals surface area contributed by atoms with Crippen molar-refractivity contribution < 1.29 is 23.8 Å². The van der Waals surface area contributed by atoms with Crippen molar-refractivity contribution in [3.8, 4) is 5.75 Å². The summed E-state index contributed by atoms with van der Waals surface area (Å²) in [4.78, 5) is 27.7. The lowest BCUT2D eigenvalue weighted by molar-refractivity contribution is -0.132. The molecule has 0 bridgehead atoms. The Kier molecular flexibility index (Phi) is 5.85. The Morgan fingerprint density at radius 2 is 1.76 bits per heavy atom. The van der Waals surface area contributed by atoms with Crippen LogP contribution in [0.15, 0.2) is 64.8 Å². The molecule has 1 aliphatic heterocycles. The summed E-state index contributed by atoms with van der Waals surface area (Å²) in [5.41, 5.74) is 3.86. The Bertz CT molecular complexity index is 1250. The van der Waals surface area contributed by atoms with Gasteiger partial charge in [-0.05, 0) is 93.8 Å². The van der Waals surface area contributed by atoms with Gasteiger partial charge in [0.05, 0.1) is 17.9 Å². The van der Waals surface area contributed by atoms with Gasteiger partial charge < -0.3 is 14.3 Å². The Morgan fingerprint density at radius 3 is 2.36 bits per heavy atom. The van der Waals surface area contributed by atoms with Gasteiger partial charge in [-0.3, -0.25) is 14.5 Å². The lowest BCUT2D eigenvalue weighted by Gasteiger charge is -2.24. The number of aliphatic hydroxyl groups is 1. The molecule has 0 radical (unpaired) electrons. The topological polar surface area (TPSA) is 80.0 Å².